The topological polar surface area (TPSA) is 111 Å². The summed E-state index contributed by atoms with van der Waals surface area (Å²) in [7, 11) is -2.99. The summed E-state index contributed by atoms with van der Waals surface area (Å²) in [6.07, 6.45) is 0. The molecule has 10 nitrogen and oxygen atoms in total. The number of esters is 1. The van der Waals surface area contributed by atoms with Crippen molar-refractivity contribution in [3.63, 3.8) is 0 Å². The Morgan fingerprint density at radius 3 is 2.29 bits per heavy atom. The number of carbonyl (C=O) groups excluding carboxylic acids is 1. The first-order chi connectivity index (χ1) is 14.9. The fraction of sp³-hybridized carbons (Fsp3) is 0.350. The summed E-state index contributed by atoms with van der Waals surface area (Å²) in [5.74, 6) is -0.0993. The molecule has 0 aliphatic carbocycles. The molecule has 4 rings (SSSR count). The number of nitro benzene ring substituents is 1. The predicted octanol–water partition coefficient (Wildman–Crippen LogP) is 3.82. The van der Waals surface area contributed by atoms with Gasteiger partial charge in [0.15, 0.2) is 0 Å². The molecule has 0 atom stereocenters. The zero-order valence-corrected chi connectivity index (χ0v) is 17.8. The van der Waals surface area contributed by atoms with E-state index in [1.54, 1.807) is 22.3 Å². The standard InChI is InChI=1S/C20H22N3O7P/c1-2-28-20(24)16-4-6-17(7-5-16)30-19-13-15(3-8-18(19)23(25)26)14-29-31(27,21-9-10-21)22-11-12-22/h3-8,13H,2,9-12,14H2,1H3. The van der Waals surface area contributed by atoms with Crippen LogP contribution in [0.2, 0.25) is 0 Å². The first-order valence-corrected chi connectivity index (χ1v) is 11.4. The lowest BCUT2D eigenvalue weighted by Crippen LogP contribution is -2.08. The summed E-state index contributed by atoms with van der Waals surface area (Å²) in [6.45, 7) is 4.98. The van der Waals surface area contributed by atoms with E-state index in [-0.39, 0.29) is 24.7 Å². The Morgan fingerprint density at radius 2 is 1.74 bits per heavy atom. The number of carbonyl (C=O) groups is 1. The van der Waals surface area contributed by atoms with Gasteiger partial charge in [0.2, 0.25) is 5.75 Å². The van der Waals surface area contributed by atoms with Crippen LogP contribution in [0.15, 0.2) is 42.5 Å². The van der Waals surface area contributed by atoms with Gasteiger partial charge in [-0.25, -0.2) is 14.1 Å². The van der Waals surface area contributed by atoms with E-state index in [4.69, 9.17) is 14.0 Å². The van der Waals surface area contributed by atoms with Crippen molar-refractivity contribution in [1.82, 2.24) is 9.34 Å². The van der Waals surface area contributed by atoms with Crippen LogP contribution >= 0.6 is 7.67 Å². The van der Waals surface area contributed by atoms with Gasteiger partial charge in [0.05, 0.1) is 23.7 Å². The molecule has 2 aliphatic rings. The number of rotatable bonds is 10. The minimum absolute atomic E-state index is 0.0308. The van der Waals surface area contributed by atoms with Gasteiger partial charge in [-0.3, -0.25) is 14.7 Å². The maximum Gasteiger partial charge on any atom is 0.346 e. The molecule has 2 fully saturated rings. The molecule has 164 valence electrons. The quantitative estimate of drug-likeness (QED) is 0.176. The highest BCUT2D eigenvalue weighted by Crippen LogP contribution is 2.61. The molecule has 0 bridgehead atoms. The van der Waals surface area contributed by atoms with Crippen LogP contribution < -0.4 is 4.74 Å². The average Bonchev–Trinajstić information content (AvgIpc) is 3.65. The molecule has 2 aromatic rings. The SMILES string of the molecule is CCOC(=O)c1ccc(Oc2cc(COP(=O)(N3CC3)N3CC3)ccc2[N+](=O)[O-])cc1. The smallest absolute Gasteiger partial charge is 0.346 e. The highest BCUT2D eigenvalue weighted by atomic mass is 31.2. The zero-order valence-electron chi connectivity index (χ0n) is 16.9. The summed E-state index contributed by atoms with van der Waals surface area (Å²) < 4.78 is 33.1. The molecule has 0 spiro atoms. The van der Waals surface area contributed by atoms with Gasteiger partial charge in [-0.15, -0.1) is 0 Å². The van der Waals surface area contributed by atoms with Crippen LogP contribution in [0.4, 0.5) is 5.69 Å². The minimum atomic E-state index is -2.99. The summed E-state index contributed by atoms with van der Waals surface area (Å²) >= 11 is 0. The molecule has 31 heavy (non-hydrogen) atoms. The number of nitro groups is 1. The third-order valence-corrected chi connectivity index (χ3v) is 7.47. The van der Waals surface area contributed by atoms with Gasteiger partial charge in [0, 0.05) is 32.2 Å². The van der Waals surface area contributed by atoms with Crippen LogP contribution in [-0.4, -0.2) is 53.0 Å². The molecule has 0 unspecified atom stereocenters. The van der Waals surface area contributed by atoms with E-state index in [2.05, 4.69) is 0 Å². The Balaban J connectivity index is 1.50. The second kappa shape index (κ2) is 8.76. The summed E-state index contributed by atoms with van der Waals surface area (Å²) in [5.41, 5.74) is 0.748. The van der Waals surface area contributed by atoms with Crippen LogP contribution in [-0.2, 0) is 20.4 Å². The van der Waals surface area contributed by atoms with Crippen LogP contribution in [0.25, 0.3) is 0 Å². The summed E-state index contributed by atoms with van der Waals surface area (Å²) in [5, 5.41) is 11.4. The van der Waals surface area contributed by atoms with E-state index in [9.17, 15) is 19.5 Å². The van der Waals surface area contributed by atoms with E-state index < -0.39 is 18.6 Å². The van der Waals surface area contributed by atoms with Gasteiger partial charge in [-0.2, -0.15) is 0 Å². The fourth-order valence-electron chi connectivity index (χ4n) is 2.98. The molecule has 0 radical (unpaired) electrons. The highest BCUT2D eigenvalue weighted by Gasteiger charge is 2.49. The van der Waals surface area contributed by atoms with Crippen LogP contribution in [0.5, 0.6) is 11.5 Å². The lowest BCUT2D eigenvalue weighted by molar-refractivity contribution is -0.385. The van der Waals surface area contributed by atoms with E-state index in [0.29, 0.717) is 16.9 Å². The molecule has 0 N–H and O–H groups in total. The van der Waals surface area contributed by atoms with E-state index in [1.807, 2.05) is 0 Å². The lowest BCUT2D eigenvalue weighted by atomic mass is 10.2. The van der Waals surface area contributed by atoms with Crippen molar-refractivity contribution in [2.45, 2.75) is 13.5 Å². The molecule has 2 aliphatic heterocycles. The highest BCUT2D eigenvalue weighted by molar-refractivity contribution is 7.54. The normalized spacial score (nSPS) is 16.0. The van der Waals surface area contributed by atoms with Gasteiger partial charge >= 0.3 is 19.3 Å². The Bertz CT molecular complexity index is 1020. The molecule has 2 aromatic carbocycles. The Hall–Kier alpha value is -2.78. The third-order valence-electron chi connectivity index (χ3n) is 4.78. The zero-order chi connectivity index (χ0) is 22.0. The van der Waals surface area contributed by atoms with Gasteiger partial charge in [-0.1, -0.05) is 0 Å². The van der Waals surface area contributed by atoms with Crippen molar-refractivity contribution < 1.29 is 28.3 Å². The Labute approximate surface area is 179 Å². The Morgan fingerprint density at radius 1 is 1.10 bits per heavy atom. The molecule has 0 amide bonds. The number of ether oxygens (including phenoxy) is 2. The van der Waals surface area contributed by atoms with Crippen molar-refractivity contribution in [1.29, 1.82) is 0 Å². The summed E-state index contributed by atoms with van der Waals surface area (Å²) in [4.78, 5) is 22.7. The molecular formula is C20H22N3O7P. The van der Waals surface area contributed by atoms with Crippen molar-refractivity contribution in [2.24, 2.45) is 0 Å². The fourth-order valence-corrected chi connectivity index (χ4v) is 5.17. The molecule has 0 saturated carbocycles. The number of hydrogen-bond donors (Lipinski definition) is 0. The van der Waals surface area contributed by atoms with Crippen LogP contribution in [0.1, 0.15) is 22.8 Å². The van der Waals surface area contributed by atoms with Gasteiger partial charge < -0.3 is 14.0 Å². The van der Waals surface area contributed by atoms with Crippen LogP contribution in [0, 0.1) is 10.1 Å². The van der Waals surface area contributed by atoms with E-state index >= 15 is 0 Å². The maximum absolute atomic E-state index is 13.0. The molecule has 11 heteroatoms. The first kappa shape index (κ1) is 21.5. The van der Waals surface area contributed by atoms with Gasteiger partial charge in [0.1, 0.15) is 5.75 Å². The van der Waals surface area contributed by atoms with Gasteiger partial charge in [0.25, 0.3) is 0 Å². The Kier molecular flexibility index (Phi) is 6.06. The van der Waals surface area contributed by atoms with Crippen molar-refractivity contribution >= 4 is 19.3 Å². The van der Waals surface area contributed by atoms with Crippen molar-refractivity contribution in [3.8, 4) is 11.5 Å². The van der Waals surface area contributed by atoms with Crippen molar-refractivity contribution in [2.75, 3.05) is 32.8 Å². The molecule has 0 aromatic heterocycles. The second-order valence-electron chi connectivity index (χ2n) is 7.08. The van der Waals surface area contributed by atoms with E-state index in [0.717, 1.165) is 26.2 Å². The second-order valence-corrected chi connectivity index (χ2v) is 9.45. The molecular weight excluding hydrogens is 425 g/mol. The minimum Gasteiger partial charge on any atom is -0.462 e. The third kappa shape index (κ3) is 4.94. The van der Waals surface area contributed by atoms with Gasteiger partial charge in [-0.05, 0) is 48.9 Å². The van der Waals surface area contributed by atoms with E-state index in [1.165, 1.54) is 36.4 Å². The largest absolute Gasteiger partial charge is 0.462 e. The monoisotopic (exact) mass is 447 g/mol. The molecule has 2 saturated heterocycles. The average molecular weight is 447 g/mol. The van der Waals surface area contributed by atoms with Crippen molar-refractivity contribution in [3.05, 3.63) is 63.7 Å². The maximum atomic E-state index is 13.0. The number of hydrogen-bond acceptors (Lipinski definition) is 7. The lowest BCUT2D eigenvalue weighted by Gasteiger charge is -2.19. The molecule has 2 heterocycles. The number of benzene rings is 2. The van der Waals surface area contributed by atoms with Crippen LogP contribution in [0.3, 0.4) is 0 Å². The summed E-state index contributed by atoms with van der Waals surface area (Å²) in [6, 6.07) is 10.5. The number of nitrogens with zero attached hydrogens (tertiary/aromatic N) is 3. The predicted molar refractivity (Wildman–Crippen MR) is 111 cm³/mol. The first-order valence-electron chi connectivity index (χ1n) is 9.88.